The van der Waals surface area contributed by atoms with Crippen LogP contribution in [0.3, 0.4) is 0 Å². The van der Waals surface area contributed by atoms with Crippen LogP contribution in [-0.2, 0) is 14.3 Å². The Kier molecular flexibility index (Phi) is 6.31. The van der Waals surface area contributed by atoms with Crippen LogP contribution >= 0.6 is 0 Å². The van der Waals surface area contributed by atoms with E-state index in [4.69, 9.17) is 9.47 Å². The molecule has 88 valence electrons. The maximum Gasteiger partial charge on any atom is 0.246 e. The van der Waals surface area contributed by atoms with Gasteiger partial charge in [-0.2, -0.15) is 0 Å². The number of carbonyl (C=O) groups excluding carboxylic acids is 1. The summed E-state index contributed by atoms with van der Waals surface area (Å²) in [6.07, 6.45) is 2.01. The van der Waals surface area contributed by atoms with Crippen molar-refractivity contribution in [3.8, 4) is 0 Å². The largest absolute Gasteiger partial charge is 0.382 e. The molecule has 0 atom stereocenters. The summed E-state index contributed by atoms with van der Waals surface area (Å²) >= 11 is 0. The van der Waals surface area contributed by atoms with Crippen molar-refractivity contribution >= 4 is 5.91 Å². The second-order valence-electron chi connectivity index (χ2n) is 3.64. The fourth-order valence-corrected chi connectivity index (χ4v) is 1.54. The smallest absolute Gasteiger partial charge is 0.246 e. The number of ether oxygens (including phenoxy) is 2. The van der Waals surface area contributed by atoms with Crippen LogP contribution in [0.1, 0.15) is 12.8 Å². The summed E-state index contributed by atoms with van der Waals surface area (Å²) in [6.45, 7) is 3.09. The van der Waals surface area contributed by atoms with Gasteiger partial charge < -0.3 is 20.1 Å². The van der Waals surface area contributed by atoms with Crippen LogP contribution in [0.25, 0.3) is 0 Å². The Morgan fingerprint density at radius 1 is 1.40 bits per heavy atom. The van der Waals surface area contributed by atoms with Crippen molar-refractivity contribution in [2.45, 2.75) is 18.9 Å². The average Bonchev–Trinajstić information content (AvgIpc) is 2.26. The second kappa shape index (κ2) is 7.62. The van der Waals surface area contributed by atoms with E-state index in [1.54, 1.807) is 7.11 Å². The minimum absolute atomic E-state index is 0.0296. The standard InChI is InChI=1S/C10H20N2O3/c1-14-6-7-15-8-10(13)12-9-2-4-11-5-3-9/h9,11H,2-8H2,1H3,(H,12,13). The number of hydrogen-bond donors (Lipinski definition) is 2. The van der Waals surface area contributed by atoms with Crippen LogP contribution in [0.15, 0.2) is 0 Å². The fraction of sp³-hybridized carbons (Fsp3) is 0.900. The number of hydrogen-bond acceptors (Lipinski definition) is 4. The summed E-state index contributed by atoms with van der Waals surface area (Å²) < 4.78 is 9.93. The summed E-state index contributed by atoms with van der Waals surface area (Å²) in [4.78, 5) is 11.4. The van der Waals surface area contributed by atoms with Crippen LogP contribution in [-0.4, -0.2) is 52.0 Å². The Hall–Kier alpha value is -0.650. The van der Waals surface area contributed by atoms with E-state index >= 15 is 0 Å². The molecule has 0 aromatic carbocycles. The molecule has 0 spiro atoms. The number of amides is 1. The normalized spacial score (nSPS) is 17.7. The molecule has 0 bridgehead atoms. The van der Waals surface area contributed by atoms with Crippen LogP contribution in [0.4, 0.5) is 0 Å². The molecule has 0 aromatic rings. The molecule has 0 radical (unpaired) electrons. The van der Waals surface area contributed by atoms with Crippen molar-refractivity contribution < 1.29 is 14.3 Å². The van der Waals surface area contributed by atoms with Gasteiger partial charge in [0.2, 0.25) is 5.91 Å². The number of piperidine rings is 1. The fourth-order valence-electron chi connectivity index (χ4n) is 1.54. The van der Waals surface area contributed by atoms with Gasteiger partial charge in [0.25, 0.3) is 0 Å². The van der Waals surface area contributed by atoms with Crippen molar-refractivity contribution in [3.05, 3.63) is 0 Å². The maximum absolute atomic E-state index is 11.4. The predicted octanol–water partition coefficient (Wildman–Crippen LogP) is -0.482. The van der Waals surface area contributed by atoms with Crippen molar-refractivity contribution in [1.82, 2.24) is 10.6 Å². The van der Waals surface area contributed by atoms with E-state index in [2.05, 4.69) is 10.6 Å². The molecule has 1 heterocycles. The van der Waals surface area contributed by atoms with Crippen molar-refractivity contribution in [2.75, 3.05) is 40.0 Å². The van der Waals surface area contributed by atoms with E-state index in [0.29, 0.717) is 19.3 Å². The second-order valence-corrected chi connectivity index (χ2v) is 3.64. The first kappa shape index (κ1) is 12.4. The number of carbonyl (C=O) groups is 1. The molecule has 1 rings (SSSR count). The monoisotopic (exact) mass is 216 g/mol. The van der Waals surface area contributed by atoms with Gasteiger partial charge in [-0.1, -0.05) is 0 Å². The maximum atomic E-state index is 11.4. The van der Waals surface area contributed by atoms with Crippen molar-refractivity contribution in [2.24, 2.45) is 0 Å². The summed E-state index contributed by atoms with van der Waals surface area (Å²) in [6, 6.07) is 0.310. The molecule has 1 aliphatic heterocycles. The summed E-state index contributed by atoms with van der Waals surface area (Å²) in [7, 11) is 1.61. The van der Waals surface area contributed by atoms with E-state index in [9.17, 15) is 4.79 Å². The van der Waals surface area contributed by atoms with Crippen molar-refractivity contribution in [1.29, 1.82) is 0 Å². The average molecular weight is 216 g/mol. The van der Waals surface area contributed by atoms with Gasteiger partial charge in [0.1, 0.15) is 6.61 Å². The lowest BCUT2D eigenvalue weighted by molar-refractivity contribution is -0.127. The topological polar surface area (TPSA) is 59.6 Å². The minimum Gasteiger partial charge on any atom is -0.382 e. The number of methoxy groups -OCH3 is 1. The lowest BCUT2D eigenvalue weighted by Crippen LogP contribution is -2.44. The van der Waals surface area contributed by atoms with Crippen LogP contribution in [0.5, 0.6) is 0 Å². The van der Waals surface area contributed by atoms with Crippen LogP contribution in [0, 0.1) is 0 Å². The van der Waals surface area contributed by atoms with E-state index in [1.807, 2.05) is 0 Å². The molecule has 1 aliphatic rings. The van der Waals surface area contributed by atoms with Gasteiger partial charge in [-0.15, -0.1) is 0 Å². The third-order valence-corrected chi connectivity index (χ3v) is 2.37. The van der Waals surface area contributed by atoms with Crippen molar-refractivity contribution in [3.63, 3.8) is 0 Å². The molecule has 2 N–H and O–H groups in total. The molecule has 5 heteroatoms. The predicted molar refractivity (Wildman–Crippen MR) is 56.7 cm³/mol. The highest BCUT2D eigenvalue weighted by atomic mass is 16.5. The molecule has 5 nitrogen and oxygen atoms in total. The van der Waals surface area contributed by atoms with Crippen LogP contribution in [0.2, 0.25) is 0 Å². The zero-order chi connectivity index (χ0) is 10.9. The van der Waals surface area contributed by atoms with Gasteiger partial charge in [-0.05, 0) is 25.9 Å². The minimum atomic E-state index is -0.0296. The Labute approximate surface area is 90.5 Å². The van der Waals surface area contributed by atoms with Gasteiger partial charge in [0, 0.05) is 13.2 Å². The Morgan fingerprint density at radius 2 is 2.13 bits per heavy atom. The third-order valence-electron chi connectivity index (χ3n) is 2.37. The molecule has 1 saturated heterocycles. The van der Waals surface area contributed by atoms with Gasteiger partial charge in [-0.25, -0.2) is 0 Å². The number of nitrogens with one attached hydrogen (secondary N) is 2. The summed E-state index contributed by atoms with van der Waals surface area (Å²) in [5, 5.41) is 6.20. The van der Waals surface area contributed by atoms with Crippen LogP contribution < -0.4 is 10.6 Å². The zero-order valence-electron chi connectivity index (χ0n) is 9.25. The SMILES string of the molecule is COCCOCC(=O)NC1CCNCC1. The highest BCUT2D eigenvalue weighted by Gasteiger charge is 2.14. The zero-order valence-corrected chi connectivity index (χ0v) is 9.25. The van der Waals surface area contributed by atoms with Gasteiger partial charge in [0.15, 0.2) is 0 Å². The molecule has 15 heavy (non-hydrogen) atoms. The molecule has 1 amide bonds. The van der Waals surface area contributed by atoms with E-state index in [-0.39, 0.29) is 12.5 Å². The highest BCUT2D eigenvalue weighted by Crippen LogP contribution is 2.01. The molecule has 0 unspecified atom stereocenters. The van der Waals surface area contributed by atoms with E-state index < -0.39 is 0 Å². The summed E-state index contributed by atoms with van der Waals surface area (Å²) in [5.41, 5.74) is 0. The van der Waals surface area contributed by atoms with Gasteiger partial charge in [-0.3, -0.25) is 4.79 Å². The molecule has 0 saturated carbocycles. The number of rotatable bonds is 6. The highest BCUT2D eigenvalue weighted by molar-refractivity contribution is 5.77. The van der Waals surface area contributed by atoms with E-state index in [1.165, 1.54) is 0 Å². The first-order valence-corrected chi connectivity index (χ1v) is 5.39. The third kappa shape index (κ3) is 5.71. The first-order chi connectivity index (χ1) is 7.33. The first-order valence-electron chi connectivity index (χ1n) is 5.39. The Balaban J connectivity index is 2.01. The Bertz CT molecular complexity index is 182. The van der Waals surface area contributed by atoms with E-state index in [0.717, 1.165) is 25.9 Å². The lowest BCUT2D eigenvalue weighted by atomic mass is 10.1. The summed E-state index contributed by atoms with van der Waals surface area (Å²) in [5.74, 6) is -0.0296. The molecule has 0 aliphatic carbocycles. The molecule has 1 fully saturated rings. The Morgan fingerprint density at radius 3 is 2.80 bits per heavy atom. The lowest BCUT2D eigenvalue weighted by Gasteiger charge is -2.23. The molecular weight excluding hydrogens is 196 g/mol. The molecule has 0 aromatic heterocycles. The van der Waals surface area contributed by atoms with Gasteiger partial charge >= 0.3 is 0 Å². The van der Waals surface area contributed by atoms with Gasteiger partial charge in [0.05, 0.1) is 13.2 Å². The molecular formula is C10H20N2O3. The quantitative estimate of drug-likeness (QED) is 0.589.